The van der Waals surface area contributed by atoms with Crippen LogP contribution in [0.4, 0.5) is 0 Å². The van der Waals surface area contributed by atoms with Crippen molar-refractivity contribution in [2.24, 2.45) is 0 Å². The van der Waals surface area contributed by atoms with Crippen molar-refractivity contribution in [3.8, 4) is 5.75 Å². The van der Waals surface area contributed by atoms with Crippen molar-refractivity contribution in [2.75, 3.05) is 13.7 Å². The van der Waals surface area contributed by atoms with Crippen LogP contribution >= 0.6 is 11.3 Å². The third-order valence-electron chi connectivity index (χ3n) is 4.96. The standard InChI is InChI=1S/C21H27NO2S/c1-3-4-5-6-7-20(23)22-14-12-19-18(13-15-25-19)21(22)16-8-10-17(24-2)11-9-16/h8-11,13,15,21H,3-7,12,14H2,1-2H3/t21-/m0/s1. The Morgan fingerprint density at radius 2 is 2.00 bits per heavy atom. The van der Waals surface area contributed by atoms with Gasteiger partial charge in [-0.05, 0) is 47.5 Å². The molecule has 0 radical (unpaired) electrons. The number of rotatable bonds is 7. The van der Waals surface area contributed by atoms with Gasteiger partial charge in [0.15, 0.2) is 0 Å². The van der Waals surface area contributed by atoms with Crippen molar-refractivity contribution in [2.45, 2.75) is 51.5 Å². The van der Waals surface area contributed by atoms with Crippen LogP contribution in [0.5, 0.6) is 5.75 Å². The summed E-state index contributed by atoms with van der Waals surface area (Å²) >= 11 is 1.81. The fourth-order valence-electron chi connectivity index (χ4n) is 3.58. The van der Waals surface area contributed by atoms with Crippen LogP contribution in [0.25, 0.3) is 0 Å². The van der Waals surface area contributed by atoms with Gasteiger partial charge in [0.25, 0.3) is 0 Å². The molecule has 2 aromatic rings. The average Bonchev–Trinajstić information content (AvgIpc) is 3.13. The minimum Gasteiger partial charge on any atom is -0.497 e. The molecule has 134 valence electrons. The van der Waals surface area contributed by atoms with E-state index in [9.17, 15) is 4.79 Å². The number of fused-ring (bicyclic) bond motifs is 1. The molecule has 0 spiro atoms. The van der Waals surface area contributed by atoms with Gasteiger partial charge in [0.1, 0.15) is 5.75 Å². The van der Waals surface area contributed by atoms with Crippen LogP contribution in [-0.4, -0.2) is 24.5 Å². The Labute approximate surface area is 154 Å². The molecule has 0 saturated carbocycles. The third-order valence-corrected chi connectivity index (χ3v) is 5.96. The van der Waals surface area contributed by atoms with Crippen LogP contribution in [0, 0.1) is 0 Å². The number of carbonyl (C=O) groups is 1. The molecule has 0 unspecified atom stereocenters. The first-order chi connectivity index (χ1) is 12.2. The van der Waals surface area contributed by atoms with Crippen LogP contribution in [-0.2, 0) is 11.2 Å². The Hall–Kier alpha value is -1.81. The first-order valence-corrected chi connectivity index (χ1v) is 10.1. The summed E-state index contributed by atoms with van der Waals surface area (Å²) < 4.78 is 5.28. The molecule has 0 aliphatic carbocycles. The number of amides is 1. The SMILES string of the molecule is CCCCCCC(=O)N1CCc2sccc2[C@@H]1c1ccc(OC)cc1. The summed E-state index contributed by atoms with van der Waals surface area (Å²) in [6.07, 6.45) is 6.18. The van der Waals surface area contributed by atoms with Gasteiger partial charge in [-0.1, -0.05) is 38.3 Å². The number of ether oxygens (including phenoxy) is 1. The number of thiophene rings is 1. The molecule has 0 saturated heterocycles. The van der Waals surface area contributed by atoms with E-state index in [4.69, 9.17) is 4.74 Å². The molecule has 4 heteroatoms. The molecule has 3 nitrogen and oxygen atoms in total. The molecule has 25 heavy (non-hydrogen) atoms. The lowest BCUT2D eigenvalue weighted by molar-refractivity contribution is -0.133. The van der Waals surface area contributed by atoms with Crippen molar-refractivity contribution >= 4 is 17.2 Å². The zero-order valence-corrected chi connectivity index (χ0v) is 16.0. The van der Waals surface area contributed by atoms with Gasteiger partial charge in [0.2, 0.25) is 5.91 Å². The van der Waals surface area contributed by atoms with Crippen LogP contribution in [0.15, 0.2) is 35.7 Å². The highest BCUT2D eigenvalue weighted by Gasteiger charge is 2.32. The van der Waals surface area contributed by atoms with E-state index in [2.05, 4.69) is 35.4 Å². The molecular formula is C21H27NO2S. The summed E-state index contributed by atoms with van der Waals surface area (Å²) in [6, 6.07) is 10.4. The van der Waals surface area contributed by atoms with Crippen molar-refractivity contribution in [1.29, 1.82) is 0 Å². The largest absolute Gasteiger partial charge is 0.497 e. The number of unbranched alkanes of at least 4 members (excludes halogenated alkanes) is 3. The normalized spacial score (nSPS) is 16.6. The van der Waals surface area contributed by atoms with Gasteiger partial charge in [-0.3, -0.25) is 4.79 Å². The highest BCUT2D eigenvalue weighted by atomic mass is 32.1. The first kappa shape index (κ1) is 18.0. The van der Waals surface area contributed by atoms with E-state index in [1.807, 2.05) is 12.1 Å². The Kier molecular flexibility index (Phi) is 6.14. The minimum atomic E-state index is 0.0413. The summed E-state index contributed by atoms with van der Waals surface area (Å²) in [5, 5.41) is 2.15. The van der Waals surface area contributed by atoms with Gasteiger partial charge >= 0.3 is 0 Å². The van der Waals surface area contributed by atoms with E-state index in [0.29, 0.717) is 6.42 Å². The molecule has 3 rings (SSSR count). The molecule has 0 fully saturated rings. The van der Waals surface area contributed by atoms with Gasteiger partial charge in [-0.2, -0.15) is 0 Å². The van der Waals surface area contributed by atoms with Gasteiger partial charge in [0, 0.05) is 17.8 Å². The molecule has 1 atom stereocenters. The number of benzene rings is 1. The Bertz CT molecular complexity index is 692. The topological polar surface area (TPSA) is 29.5 Å². The molecule has 0 bridgehead atoms. The monoisotopic (exact) mass is 357 g/mol. The molecule has 1 aliphatic heterocycles. The Morgan fingerprint density at radius 3 is 2.72 bits per heavy atom. The second-order valence-electron chi connectivity index (χ2n) is 6.62. The number of methoxy groups -OCH3 is 1. The summed E-state index contributed by atoms with van der Waals surface area (Å²) in [5.41, 5.74) is 2.46. The molecule has 1 aromatic heterocycles. The lowest BCUT2D eigenvalue weighted by atomic mass is 9.92. The highest BCUT2D eigenvalue weighted by Crippen LogP contribution is 2.38. The fraction of sp³-hybridized carbons (Fsp3) is 0.476. The van der Waals surface area contributed by atoms with Crippen molar-refractivity contribution in [3.05, 3.63) is 51.7 Å². The van der Waals surface area contributed by atoms with Crippen molar-refractivity contribution < 1.29 is 9.53 Å². The van der Waals surface area contributed by atoms with E-state index in [1.165, 1.54) is 28.8 Å². The first-order valence-electron chi connectivity index (χ1n) is 9.24. The summed E-state index contributed by atoms with van der Waals surface area (Å²) in [5.74, 6) is 1.14. The zero-order chi connectivity index (χ0) is 17.6. The van der Waals surface area contributed by atoms with E-state index in [-0.39, 0.29) is 11.9 Å². The molecular weight excluding hydrogens is 330 g/mol. The smallest absolute Gasteiger partial charge is 0.223 e. The molecule has 1 amide bonds. The number of nitrogens with zero attached hydrogens (tertiary/aromatic N) is 1. The highest BCUT2D eigenvalue weighted by molar-refractivity contribution is 7.10. The van der Waals surface area contributed by atoms with Gasteiger partial charge < -0.3 is 9.64 Å². The third kappa shape index (κ3) is 4.06. The van der Waals surface area contributed by atoms with Crippen LogP contribution in [0.3, 0.4) is 0 Å². The molecule has 1 aliphatic rings. The van der Waals surface area contributed by atoms with Gasteiger partial charge in [-0.15, -0.1) is 11.3 Å². The molecule has 1 aromatic carbocycles. The lowest BCUT2D eigenvalue weighted by Crippen LogP contribution is -2.40. The van der Waals surface area contributed by atoms with Crippen LogP contribution < -0.4 is 4.74 Å². The maximum absolute atomic E-state index is 12.9. The summed E-state index contributed by atoms with van der Waals surface area (Å²) in [7, 11) is 1.68. The number of carbonyl (C=O) groups excluding carboxylic acids is 1. The van der Waals surface area contributed by atoms with E-state index >= 15 is 0 Å². The Balaban J connectivity index is 1.82. The minimum absolute atomic E-state index is 0.0413. The van der Waals surface area contributed by atoms with Crippen LogP contribution in [0.2, 0.25) is 0 Å². The summed E-state index contributed by atoms with van der Waals surface area (Å²) in [6.45, 7) is 3.01. The molecule has 0 N–H and O–H groups in total. The second kappa shape index (κ2) is 8.52. The van der Waals surface area contributed by atoms with Gasteiger partial charge in [-0.25, -0.2) is 0 Å². The lowest BCUT2D eigenvalue weighted by Gasteiger charge is -2.36. The van der Waals surface area contributed by atoms with Crippen molar-refractivity contribution in [3.63, 3.8) is 0 Å². The van der Waals surface area contributed by atoms with Gasteiger partial charge in [0.05, 0.1) is 13.2 Å². The average molecular weight is 358 g/mol. The fourth-order valence-corrected chi connectivity index (χ4v) is 4.48. The predicted molar refractivity (Wildman–Crippen MR) is 103 cm³/mol. The maximum atomic E-state index is 12.9. The van der Waals surface area contributed by atoms with E-state index in [0.717, 1.165) is 31.6 Å². The predicted octanol–water partition coefficient (Wildman–Crippen LogP) is 5.20. The second-order valence-corrected chi connectivity index (χ2v) is 7.62. The summed E-state index contributed by atoms with van der Waals surface area (Å²) in [4.78, 5) is 16.4. The van der Waals surface area contributed by atoms with Crippen LogP contribution in [0.1, 0.15) is 61.1 Å². The Morgan fingerprint density at radius 1 is 1.20 bits per heavy atom. The number of hydrogen-bond acceptors (Lipinski definition) is 3. The van der Waals surface area contributed by atoms with Crippen molar-refractivity contribution in [1.82, 2.24) is 4.90 Å². The zero-order valence-electron chi connectivity index (χ0n) is 15.2. The maximum Gasteiger partial charge on any atom is 0.223 e. The van der Waals surface area contributed by atoms with E-state index < -0.39 is 0 Å². The van der Waals surface area contributed by atoms with E-state index in [1.54, 1.807) is 18.4 Å². The number of hydrogen-bond donors (Lipinski definition) is 0. The molecule has 2 heterocycles. The quantitative estimate of drug-likeness (QED) is 0.637.